The molecule has 29 heavy (non-hydrogen) atoms. The Bertz CT molecular complexity index is 873. The maximum atomic E-state index is 13.4. The van der Waals surface area contributed by atoms with Gasteiger partial charge in [-0.25, -0.2) is 4.57 Å². The Hall–Kier alpha value is -2.44. The molecule has 0 N–H and O–H groups in total. The van der Waals surface area contributed by atoms with Crippen LogP contribution in [-0.4, -0.2) is 46.7 Å². The van der Waals surface area contributed by atoms with E-state index in [1.807, 2.05) is 24.3 Å². The second-order valence-electron chi connectivity index (χ2n) is 6.36. The van der Waals surface area contributed by atoms with E-state index < -0.39 is 7.75 Å². The van der Waals surface area contributed by atoms with Gasteiger partial charge in [-0.05, 0) is 61.4 Å². The van der Waals surface area contributed by atoms with Crippen LogP contribution < -0.4 is 0 Å². The average molecular weight is 413 g/mol. The van der Waals surface area contributed by atoms with Gasteiger partial charge in [0.2, 0.25) is 0 Å². The van der Waals surface area contributed by atoms with Crippen LogP contribution in [0.3, 0.4) is 0 Å². The highest BCUT2D eigenvalue weighted by Crippen LogP contribution is 2.53. The number of piperidine rings is 1. The number of hydrogen-bond acceptors (Lipinski definition) is 6. The van der Waals surface area contributed by atoms with Gasteiger partial charge in [0.05, 0.1) is 13.2 Å². The van der Waals surface area contributed by atoms with Crippen LogP contribution in [0.5, 0.6) is 0 Å². The van der Waals surface area contributed by atoms with E-state index in [1.165, 1.54) is 0 Å². The third-order valence-corrected chi connectivity index (χ3v) is 6.46. The Morgan fingerprint density at radius 1 is 0.897 bits per heavy atom. The third kappa shape index (κ3) is 5.34. The first-order valence-corrected chi connectivity index (χ1v) is 11.0. The number of hydrogen-bond donors (Lipinski definition) is 0. The van der Waals surface area contributed by atoms with Crippen molar-refractivity contribution in [1.29, 1.82) is 0 Å². The van der Waals surface area contributed by atoms with E-state index >= 15 is 0 Å². The van der Waals surface area contributed by atoms with Crippen molar-refractivity contribution in [2.45, 2.75) is 13.8 Å². The van der Waals surface area contributed by atoms with Crippen molar-refractivity contribution in [3.63, 3.8) is 0 Å². The van der Waals surface area contributed by atoms with E-state index in [2.05, 4.69) is 9.97 Å². The summed E-state index contributed by atoms with van der Waals surface area (Å²) < 4.78 is 26.0. The van der Waals surface area contributed by atoms with Crippen molar-refractivity contribution in [2.24, 2.45) is 0 Å². The topological polar surface area (TPSA) is 81.6 Å². The number of rotatable bonds is 7. The Kier molecular flexibility index (Phi) is 7.23. The molecule has 1 aliphatic heterocycles. The van der Waals surface area contributed by atoms with Gasteiger partial charge in [0, 0.05) is 49.0 Å². The van der Waals surface area contributed by atoms with Crippen LogP contribution >= 0.6 is 7.75 Å². The summed E-state index contributed by atoms with van der Waals surface area (Å²) in [7, 11) is -3.53. The summed E-state index contributed by atoms with van der Waals surface area (Å²) in [5, 5.41) is 0. The van der Waals surface area contributed by atoms with Gasteiger partial charge in [-0.3, -0.25) is 23.8 Å². The second kappa shape index (κ2) is 9.85. The van der Waals surface area contributed by atoms with Crippen molar-refractivity contribution < 1.29 is 18.4 Å². The molecule has 152 valence electrons. The zero-order chi connectivity index (χ0) is 20.7. The molecule has 0 saturated carbocycles. The van der Waals surface area contributed by atoms with Gasteiger partial charge in [0.15, 0.2) is 5.78 Å². The van der Waals surface area contributed by atoms with E-state index in [-0.39, 0.29) is 32.1 Å². The van der Waals surface area contributed by atoms with E-state index in [0.717, 1.165) is 11.1 Å². The molecule has 3 rings (SSSR count). The average Bonchev–Trinajstić information content (AvgIpc) is 2.73. The highest BCUT2D eigenvalue weighted by molar-refractivity contribution is 7.51. The maximum absolute atomic E-state index is 13.4. The molecule has 1 fully saturated rings. The largest absolute Gasteiger partial charge is 0.408 e. The lowest BCUT2D eigenvalue weighted by Crippen LogP contribution is -2.36. The van der Waals surface area contributed by atoms with E-state index in [0.29, 0.717) is 11.1 Å². The maximum Gasteiger partial charge on any atom is 0.408 e. The number of pyridine rings is 2. The molecule has 2 aromatic rings. The molecule has 3 heterocycles. The zero-order valence-electron chi connectivity index (χ0n) is 16.5. The minimum atomic E-state index is -3.53. The Labute approximate surface area is 170 Å². The third-order valence-electron chi connectivity index (χ3n) is 4.31. The first-order chi connectivity index (χ1) is 14.1. The van der Waals surface area contributed by atoms with Gasteiger partial charge in [-0.1, -0.05) is 0 Å². The van der Waals surface area contributed by atoms with E-state index in [4.69, 9.17) is 9.05 Å². The lowest BCUT2D eigenvalue weighted by Gasteiger charge is -2.34. The van der Waals surface area contributed by atoms with Crippen LogP contribution in [0.1, 0.15) is 25.0 Å². The molecular weight excluding hydrogens is 389 g/mol. The summed E-state index contributed by atoms with van der Waals surface area (Å²) >= 11 is 0. The lowest BCUT2D eigenvalue weighted by molar-refractivity contribution is -0.113. The van der Waals surface area contributed by atoms with Gasteiger partial charge < -0.3 is 0 Å². The summed E-state index contributed by atoms with van der Waals surface area (Å²) in [5.74, 6) is -0.0885. The molecule has 0 amide bonds. The Morgan fingerprint density at radius 2 is 1.31 bits per heavy atom. The Morgan fingerprint density at radius 3 is 1.69 bits per heavy atom. The fourth-order valence-corrected chi connectivity index (χ4v) is 4.75. The quantitative estimate of drug-likeness (QED) is 0.501. The van der Waals surface area contributed by atoms with Crippen molar-refractivity contribution >= 4 is 25.7 Å². The normalized spacial score (nSPS) is 18.5. The van der Waals surface area contributed by atoms with Crippen LogP contribution in [0.2, 0.25) is 0 Å². The summed E-state index contributed by atoms with van der Waals surface area (Å²) in [6.45, 7) is 4.37. The molecule has 0 atom stereocenters. The smallest absolute Gasteiger partial charge is 0.297 e. The van der Waals surface area contributed by atoms with Crippen molar-refractivity contribution in [2.75, 3.05) is 26.3 Å². The van der Waals surface area contributed by atoms with Crippen LogP contribution in [-0.2, 0) is 18.4 Å². The fourth-order valence-electron chi connectivity index (χ4n) is 3.04. The molecule has 0 aromatic carbocycles. The van der Waals surface area contributed by atoms with Gasteiger partial charge in [-0.2, -0.15) is 4.67 Å². The monoisotopic (exact) mass is 413 g/mol. The molecule has 2 aromatic heterocycles. The number of Topliss-reactive ketones (excluding diaryl/α,β-unsaturated/α-hetero) is 1. The zero-order valence-corrected chi connectivity index (χ0v) is 17.4. The Balaban J connectivity index is 2.03. The summed E-state index contributed by atoms with van der Waals surface area (Å²) in [4.78, 5) is 21.2. The number of carbonyl (C=O) groups is 1. The molecule has 7 nitrogen and oxygen atoms in total. The SMILES string of the molecule is CCOP(=O)(OCC)N1C/C(=C\c2ccncc2)C(=O)/C(=C/c2ccncc2)C1. The van der Waals surface area contributed by atoms with Crippen molar-refractivity contribution in [3.05, 3.63) is 71.3 Å². The molecule has 1 saturated heterocycles. The van der Waals surface area contributed by atoms with Gasteiger partial charge in [-0.15, -0.1) is 0 Å². The number of aromatic nitrogens is 2. The van der Waals surface area contributed by atoms with Crippen molar-refractivity contribution in [1.82, 2.24) is 14.6 Å². The lowest BCUT2D eigenvalue weighted by atomic mass is 9.96. The first kappa shape index (κ1) is 21.3. The molecule has 8 heteroatoms. The van der Waals surface area contributed by atoms with E-state index in [1.54, 1.807) is 55.5 Å². The van der Waals surface area contributed by atoms with Crippen LogP contribution in [0.15, 0.2) is 60.2 Å². The highest BCUT2D eigenvalue weighted by atomic mass is 31.2. The summed E-state index contributed by atoms with van der Waals surface area (Å²) in [6.07, 6.45) is 10.2. The van der Waals surface area contributed by atoms with E-state index in [9.17, 15) is 9.36 Å². The highest BCUT2D eigenvalue weighted by Gasteiger charge is 2.39. The first-order valence-electron chi connectivity index (χ1n) is 9.46. The number of ketones is 1. The minimum absolute atomic E-state index is 0.0885. The molecule has 0 aliphatic carbocycles. The molecular formula is C21H24N3O4P. The van der Waals surface area contributed by atoms with Crippen LogP contribution in [0.4, 0.5) is 0 Å². The number of nitrogens with zero attached hydrogens (tertiary/aromatic N) is 3. The predicted molar refractivity (Wildman–Crippen MR) is 112 cm³/mol. The number of carbonyl (C=O) groups excluding carboxylic acids is 1. The van der Waals surface area contributed by atoms with Crippen LogP contribution in [0.25, 0.3) is 12.2 Å². The molecule has 0 spiro atoms. The fraction of sp³-hybridized carbons (Fsp3) is 0.286. The van der Waals surface area contributed by atoms with Gasteiger partial charge in [0.1, 0.15) is 0 Å². The second-order valence-corrected chi connectivity index (χ2v) is 8.38. The van der Waals surface area contributed by atoms with Crippen molar-refractivity contribution in [3.8, 4) is 0 Å². The van der Waals surface area contributed by atoms with Crippen LogP contribution in [0, 0.1) is 0 Å². The molecule has 1 aliphatic rings. The van der Waals surface area contributed by atoms with Gasteiger partial charge >= 0.3 is 7.75 Å². The standard InChI is InChI=1S/C21H24N3O4P/c1-3-27-29(26,28-4-2)24-15-19(13-17-5-9-22-10-6-17)21(25)20(16-24)14-18-7-11-23-12-8-18/h5-14H,3-4,15-16H2,1-2H3/b19-13+,20-14+. The molecule has 0 unspecified atom stereocenters. The predicted octanol–water partition coefficient (Wildman–Crippen LogP) is 4.01. The van der Waals surface area contributed by atoms with Gasteiger partial charge in [0.25, 0.3) is 0 Å². The minimum Gasteiger partial charge on any atom is -0.297 e. The molecule has 0 bridgehead atoms. The molecule has 0 radical (unpaired) electrons. The summed E-state index contributed by atoms with van der Waals surface area (Å²) in [6, 6.07) is 7.26. The summed E-state index contributed by atoms with van der Waals surface area (Å²) in [5.41, 5.74) is 2.72.